The normalized spacial score (nSPS) is 11.9. The zero-order valence-electron chi connectivity index (χ0n) is 9.46. The van der Waals surface area contributed by atoms with Crippen LogP contribution in [-0.4, -0.2) is 28.9 Å². The van der Waals surface area contributed by atoms with Gasteiger partial charge in [-0.25, -0.2) is 24.6 Å². The van der Waals surface area contributed by atoms with Crippen LogP contribution in [0.4, 0.5) is 23.4 Å². The van der Waals surface area contributed by atoms with Gasteiger partial charge in [0, 0.05) is 11.8 Å². The Morgan fingerprint density at radius 1 is 1.44 bits per heavy atom. The van der Waals surface area contributed by atoms with Crippen LogP contribution in [0, 0.1) is 6.92 Å². The highest BCUT2D eigenvalue weighted by molar-refractivity contribution is 5.33. The summed E-state index contributed by atoms with van der Waals surface area (Å²) in [4.78, 5) is 7.69. The first kappa shape index (κ1) is 14.6. The van der Waals surface area contributed by atoms with Gasteiger partial charge < -0.3 is 10.2 Å². The summed E-state index contributed by atoms with van der Waals surface area (Å²) in [5, 5.41) is 0. The first-order valence-corrected chi connectivity index (χ1v) is 4.90. The van der Waals surface area contributed by atoms with Gasteiger partial charge in [0.05, 0.1) is 0 Å². The molecule has 102 valence electrons. The number of halogens is 4. The third-order valence-electron chi connectivity index (χ3n) is 1.89. The van der Waals surface area contributed by atoms with E-state index in [1.54, 1.807) is 6.92 Å². The Kier molecular flexibility index (Phi) is 4.79. The van der Waals surface area contributed by atoms with Gasteiger partial charge in [-0.1, -0.05) is 0 Å². The van der Waals surface area contributed by atoms with Crippen LogP contribution in [0.25, 0.3) is 0 Å². The summed E-state index contributed by atoms with van der Waals surface area (Å²) < 4.78 is 53.2. The van der Waals surface area contributed by atoms with E-state index < -0.39 is 25.6 Å². The molecule has 1 aromatic heterocycles. The minimum absolute atomic E-state index is 0.0769. The van der Waals surface area contributed by atoms with Gasteiger partial charge >= 0.3 is 12.3 Å². The van der Waals surface area contributed by atoms with Crippen molar-refractivity contribution in [1.82, 2.24) is 9.97 Å². The highest BCUT2D eigenvalue weighted by Gasteiger charge is 2.40. The molecule has 0 saturated carbocycles. The topological polar surface area (TPSA) is 73.1 Å². The van der Waals surface area contributed by atoms with E-state index in [4.69, 9.17) is 5.84 Å². The molecule has 0 spiro atoms. The maximum Gasteiger partial charge on any atom is 0.330 e. The van der Waals surface area contributed by atoms with Gasteiger partial charge in [0.1, 0.15) is 19.0 Å². The molecule has 0 unspecified atom stereocenters. The van der Waals surface area contributed by atoms with Crippen molar-refractivity contribution in [3.8, 4) is 0 Å². The lowest BCUT2D eigenvalue weighted by Crippen LogP contribution is -2.32. The lowest BCUT2D eigenvalue weighted by atomic mass is 10.4. The number of anilines is 1. The standard InChI is InChI=1S/C9H12F4N4O/c1-5-2-6(17-14)16-7(15-5)3-18-4-9(12,13)8(10)11/h2,8H,3-4,14H2,1H3,(H,15,16,17). The van der Waals surface area contributed by atoms with E-state index in [1.807, 2.05) is 0 Å². The Balaban J connectivity index is 2.56. The summed E-state index contributed by atoms with van der Waals surface area (Å²) in [6.45, 7) is -0.161. The van der Waals surface area contributed by atoms with E-state index in [2.05, 4.69) is 20.1 Å². The van der Waals surface area contributed by atoms with Gasteiger partial charge in [0.25, 0.3) is 0 Å². The van der Waals surface area contributed by atoms with E-state index >= 15 is 0 Å². The van der Waals surface area contributed by atoms with Gasteiger partial charge in [-0.15, -0.1) is 0 Å². The lowest BCUT2D eigenvalue weighted by molar-refractivity contribution is -0.168. The molecule has 9 heteroatoms. The molecule has 0 saturated heterocycles. The molecule has 0 fully saturated rings. The fourth-order valence-electron chi connectivity index (χ4n) is 1.11. The van der Waals surface area contributed by atoms with Crippen molar-refractivity contribution < 1.29 is 22.3 Å². The second kappa shape index (κ2) is 5.91. The van der Waals surface area contributed by atoms with Crippen LogP contribution in [0.1, 0.15) is 11.5 Å². The van der Waals surface area contributed by atoms with Crippen molar-refractivity contribution in [3.63, 3.8) is 0 Å². The highest BCUT2D eigenvalue weighted by atomic mass is 19.3. The van der Waals surface area contributed by atoms with Crippen molar-refractivity contribution in [2.75, 3.05) is 12.0 Å². The van der Waals surface area contributed by atoms with Crippen LogP contribution in [0.2, 0.25) is 0 Å². The largest absolute Gasteiger partial charge is 0.367 e. The highest BCUT2D eigenvalue weighted by Crippen LogP contribution is 2.23. The summed E-state index contributed by atoms with van der Waals surface area (Å²) in [6, 6.07) is 1.53. The first-order chi connectivity index (χ1) is 8.35. The number of hydrogen-bond acceptors (Lipinski definition) is 5. The van der Waals surface area contributed by atoms with Gasteiger partial charge in [-0.05, 0) is 6.92 Å². The zero-order valence-corrected chi connectivity index (χ0v) is 9.46. The number of nitrogen functional groups attached to an aromatic ring is 1. The van der Waals surface area contributed by atoms with Crippen molar-refractivity contribution in [2.24, 2.45) is 5.84 Å². The van der Waals surface area contributed by atoms with E-state index in [0.29, 0.717) is 5.69 Å². The van der Waals surface area contributed by atoms with E-state index in [-0.39, 0.29) is 11.6 Å². The number of ether oxygens (including phenoxy) is 1. The predicted molar refractivity (Wildman–Crippen MR) is 55.2 cm³/mol. The molecule has 0 radical (unpaired) electrons. The second-order valence-corrected chi connectivity index (χ2v) is 3.51. The molecule has 0 amide bonds. The number of aromatic nitrogens is 2. The number of rotatable bonds is 6. The number of alkyl halides is 4. The number of aryl methyl sites for hydroxylation is 1. The molecule has 3 N–H and O–H groups in total. The lowest BCUT2D eigenvalue weighted by Gasteiger charge is -2.14. The number of nitrogens with zero attached hydrogens (tertiary/aromatic N) is 2. The summed E-state index contributed by atoms with van der Waals surface area (Å²) in [6.07, 6.45) is -3.77. The van der Waals surface area contributed by atoms with Crippen molar-refractivity contribution in [2.45, 2.75) is 25.9 Å². The van der Waals surface area contributed by atoms with Gasteiger partial charge in [0.2, 0.25) is 0 Å². The molecule has 0 aliphatic carbocycles. The zero-order chi connectivity index (χ0) is 13.8. The van der Waals surface area contributed by atoms with Gasteiger partial charge in [-0.2, -0.15) is 8.78 Å². The Hall–Kier alpha value is -1.48. The fourth-order valence-corrected chi connectivity index (χ4v) is 1.11. The number of hydrogen-bond donors (Lipinski definition) is 2. The monoisotopic (exact) mass is 268 g/mol. The van der Waals surface area contributed by atoms with Crippen LogP contribution < -0.4 is 11.3 Å². The average Bonchev–Trinajstić information content (AvgIpc) is 2.27. The molecule has 18 heavy (non-hydrogen) atoms. The van der Waals surface area contributed by atoms with E-state index in [1.165, 1.54) is 6.07 Å². The minimum atomic E-state index is -4.18. The van der Waals surface area contributed by atoms with Crippen molar-refractivity contribution in [3.05, 3.63) is 17.6 Å². The molecular formula is C9H12F4N4O. The Bertz CT molecular complexity index is 402. The first-order valence-electron chi connectivity index (χ1n) is 4.90. The molecule has 0 bridgehead atoms. The van der Waals surface area contributed by atoms with Crippen molar-refractivity contribution >= 4 is 5.82 Å². The number of nitrogens with one attached hydrogen (secondary N) is 1. The maximum absolute atomic E-state index is 12.5. The Labute approximate surface area is 100 Å². The van der Waals surface area contributed by atoms with Crippen LogP contribution in [0.3, 0.4) is 0 Å². The second-order valence-electron chi connectivity index (χ2n) is 3.51. The molecule has 5 nitrogen and oxygen atoms in total. The Morgan fingerprint density at radius 2 is 2.11 bits per heavy atom. The third-order valence-corrected chi connectivity index (χ3v) is 1.89. The number of nitrogens with two attached hydrogens (primary N) is 1. The molecular weight excluding hydrogens is 256 g/mol. The molecule has 0 atom stereocenters. The smallest absolute Gasteiger partial charge is 0.330 e. The van der Waals surface area contributed by atoms with E-state index in [9.17, 15) is 17.6 Å². The van der Waals surface area contributed by atoms with E-state index in [0.717, 1.165) is 0 Å². The van der Waals surface area contributed by atoms with Crippen LogP contribution in [0.15, 0.2) is 6.07 Å². The molecule has 0 aromatic carbocycles. The minimum Gasteiger partial charge on any atom is -0.367 e. The average molecular weight is 268 g/mol. The fraction of sp³-hybridized carbons (Fsp3) is 0.556. The summed E-state index contributed by atoms with van der Waals surface area (Å²) in [5.74, 6) is 1.30. The molecule has 1 aromatic rings. The predicted octanol–water partition coefficient (Wildman–Crippen LogP) is 1.49. The SMILES string of the molecule is Cc1cc(NN)nc(COCC(F)(F)C(F)F)n1. The Morgan fingerprint density at radius 3 is 2.67 bits per heavy atom. The molecule has 0 aliphatic heterocycles. The van der Waals surface area contributed by atoms with Crippen LogP contribution in [0.5, 0.6) is 0 Å². The summed E-state index contributed by atoms with van der Waals surface area (Å²) in [7, 11) is 0. The van der Waals surface area contributed by atoms with Gasteiger partial charge in [-0.3, -0.25) is 0 Å². The summed E-state index contributed by atoms with van der Waals surface area (Å²) >= 11 is 0. The third kappa shape index (κ3) is 4.08. The quantitative estimate of drug-likeness (QED) is 0.464. The molecule has 1 heterocycles. The molecule has 1 rings (SSSR count). The number of hydrazine groups is 1. The molecule has 0 aliphatic rings. The van der Waals surface area contributed by atoms with Crippen LogP contribution >= 0.6 is 0 Å². The summed E-state index contributed by atoms with van der Waals surface area (Å²) in [5.41, 5.74) is 2.80. The maximum atomic E-state index is 12.5. The van der Waals surface area contributed by atoms with Crippen LogP contribution in [-0.2, 0) is 11.3 Å². The van der Waals surface area contributed by atoms with Crippen molar-refractivity contribution in [1.29, 1.82) is 0 Å². The van der Waals surface area contributed by atoms with Gasteiger partial charge in [0.15, 0.2) is 5.82 Å².